The van der Waals surface area contributed by atoms with Gasteiger partial charge in [-0.25, -0.2) is 0 Å². The molecule has 6 heteroatoms. The van der Waals surface area contributed by atoms with E-state index in [1.807, 2.05) is 0 Å². The highest BCUT2D eigenvalue weighted by Gasteiger charge is 2.19. The number of hydrogen-bond donors (Lipinski definition) is 0. The maximum absolute atomic E-state index is 12.8. The fourth-order valence-corrected chi connectivity index (χ4v) is 6.85. The molecule has 0 saturated heterocycles. The third kappa shape index (κ3) is 46.2. The summed E-state index contributed by atoms with van der Waals surface area (Å²) >= 11 is 0. The van der Waals surface area contributed by atoms with Gasteiger partial charge in [-0.1, -0.05) is 178 Å². The zero-order valence-electron chi connectivity index (χ0n) is 39.5. The van der Waals surface area contributed by atoms with E-state index in [0.29, 0.717) is 19.3 Å². The van der Waals surface area contributed by atoms with Crippen LogP contribution in [0.1, 0.15) is 245 Å². The van der Waals surface area contributed by atoms with Crippen LogP contribution in [0.15, 0.2) is 60.8 Å². The topological polar surface area (TPSA) is 78.9 Å². The van der Waals surface area contributed by atoms with Crippen LogP contribution in [0, 0.1) is 0 Å². The zero-order chi connectivity index (χ0) is 43.7. The molecule has 0 unspecified atom stereocenters. The Kier molecular flexibility index (Phi) is 46.4. The van der Waals surface area contributed by atoms with E-state index in [2.05, 4.69) is 81.5 Å². The van der Waals surface area contributed by atoms with Gasteiger partial charge in [0, 0.05) is 19.3 Å². The molecule has 0 N–H and O–H groups in total. The summed E-state index contributed by atoms with van der Waals surface area (Å²) in [5.41, 5.74) is 0. The lowest BCUT2D eigenvalue weighted by molar-refractivity contribution is -0.167. The molecule has 0 aliphatic heterocycles. The molecule has 1 atom stereocenters. The average molecular weight is 839 g/mol. The number of carbonyl (C=O) groups excluding carboxylic acids is 3. The first-order valence-corrected chi connectivity index (χ1v) is 25.3. The van der Waals surface area contributed by atoms with Gasteiger partial charge in [0.2, 0.25) is 0 Å². The summed E-state index contributed by atoms with van der Waals surface area (Å²) in [6.45, 7) is 6.53. The monoisotopic (exact) mass is 839 g/mol. The summed E-state index contributed by atoms with van der Waals surface area (Å²) in [4.78, 5) is 37.9. The smallest absolute Gasteiger partial charge is 0.306 e. The standard InChI is InChI=1S/C54H94O6/c1-4-7-10-13-16-19-22-25-27-29-32-35-38-41-44-47-53(56)59-50-51(49-58-52(55)46-43-40-37-34-31-24-21-18-15-12-9-6-3)60-54(57)48-45-42-39-36-33-30-28-26-23-20-17-14-11-8-5-2/h16-21,25-28,51H,4-15,22-24,29-50H2,1-3H3/b19-16-,20-17-,21-18-,27-25-,28-26-/t51-/m1/s1. The highest BCUT2D eigenvalue weighted by molar-refractivity contribution is 5.71. The van der Waals surface area contributed by atoms with Crippen LogP contribution >= 0.6 is 0 Å². The van der Waals surface area contributed by atoms with Crippen molar-refractivity contribution in [2.75, 3.05) is 13.2 Å². The van der Waals surface area contributed by atoms with E-state index < -0.39 is 6.10 Å². The highest BCUT2D eigenvalue weighted by Crippen LogP contribution is 2.13. The van der Waals surface area contributed by atoms with Crippen LogP contribution in [0.25, 0.3) is 0 Å². The summed E-state index contributed by atoms with van der Waals surface area (Å²) in [5, 5.41) is 0. The number of esters is 3. The Morgan fingerprint density at radius 3 is 0.933 bits per heavy atom. The molecule has 6 nitrogen and oxygen atoms in total. The maximum Gasteiger partial charge on any atom is 0.306 e. The van der Waals surface area contributed by atoms with Gasteiger partial charge >= 0.3 is 17.9 Å². The van der Waals surface area contributed by atoms with E-state index in [9.17, 15) is 14.4 Å². The van der Waals surface area contributed by atoms with Crippen molar-refractivity contribution in [1.82, 2.24) is 0 Å². The van der Waals surface area contributed by atoms with Gasteiger partial charge in [0.25, 0.3) is 0 Å². The normalized spacial score (nSPS) is 12.5. The lowest BCUT2D eigenvalue weighted by Gasteiger charge is -2.18. The molecular formula is C54H94O6. The molecule has 0 amide bonds. The van der Waals surface area contributed by atoms with E-state index >= 15 is 0 Å². The van der Waals surface area contributed by atoms with Gasteiger partial charge in [-0.05, 0) is 109 Å². The molecule has 0 aliphatic rings. The molecule has 0 aromatic heterocycles. The molecule has 0 heterocycles. The van der Waals surface area contributed by atoms with Gasteiger partial charge in [-0.2, -0.15) is 0 Å². The molecule has 346 valence electrons. The number of ether oxygens (including phenoxy) is 3. The van der Waals surface area contributed by atoms with Crippen molar-refractivity contribution >= 4 is 17.9 Å². The Morgan fingerprint density at radius 1 is 0.333 bits per heavy atom. The average Bonchev–Trinajstić information content (AvgIpc) is 3.24. The van der Waals surface area contributed by atoms with E-state index in [-0.39, 0.29) is 31.1 Å². The van der Waals surface area contributed by atoms with Crippen LogP contribution in [0.2, 0.25) is 0 Å². The summed E-state index contributed by atoms with van der Waals surface area (Å²) in [6, 6.07) is 0. The van der Waals surface area contributed by atoms with Crippen LogP contribution in [0.5, 0.6) is 0 Å². The molecule has 0 aromatic carbocycles. The van der Waals surface area contributed by atoms with Crippen molar-refractivity contribution in [1.29, 1.82) is 0 Å². The number of allylic oxidation sites excluding steroid dienone is 10. The van der Waals surface area contributed by atoms with Gasteiger partial charge in [0.15, 0.2) is 6.10 Å². The predicted molar refractivity (Wildman–Crippen MR) is 256 cm³/mol. The van der Waals surface area contributed by atoms with Crippen LogP contribution in [-0.2, 0) is 28.6 Å². The molecular weight excluding hydrogens is 745 g/mol. The summed E-state index contributed by atoms with van der Waals surface area (Å²) < 4.78 is 16.7. The Bertz CT molecular complexity index is 1100. The second-order valence-corrected chi connectivity index (χ2v) is 16.7. The minimum atomic E-state index is -0.789. The van der Waals surface area contributed by atoms with Crippen LogP contribution in [0.4, 0.5) is 0 Å². The maximum atomic E-state index is 12.8. The first-order valence-electron chi connectivity index (χ1n) is 25.3. The first kappa shape index (κ1) is 57.1. The predicted octanol–water partition coefficient (Wildman–Crippen LogP) is 16.5. The van der Waals surface area contributed by atoms with Gasteiger partial charge in [0.1, 0.15) is 13.2 Å². The fourth-order valence-electron chi connectivity index (χ4n) is 6.85. The van der Waals surface area contributed by atoms with Crippen LogP contribution in [0.3, 0.4) is 0 Å². The van der Waals surface area contributed by atoms with Gasteiger partial charge < -0.3 is 14.2 Å². The Labute approximate surface area is 370 Å². The Balaban J connectivity index is 4.44. The van der Waals surface area contributed by atoms with Crippen LogP contribution in [-0.4, -0.2) is 37.2 Å². The second-order valence-electron chi connectivity index (χ2n) is 16.7. The zero-order valence-corrected chi connectivity index (χ0v) is 39.5. The molecule has 0 aromatic rings. The number of carbonyl (C=O) groups is 3. The number of hydrogen-bond acceptors (Lipinski definition) is 6. The third-order valence-corrected chi connectivity index (χ3v) is 10.7. The van der Waals surface area contributed by atoms with E-state index in [0.717, 1.165) is 109 Å². The minimum absolute atomic E-state index is 0.0890. The molecule has 0 radical (unpaired) electrons. The third-order valence-electron chi connectivity index (χ3n) is 10.7. The molecule has 0 spiro atoms. The summed E-state index contributed by atoms with van der Waals surface area (Å²) in [6.07, 6.45) is 59.1. The fraction of sp³-hybridized carbons (Fsp3) is 0.759. The second kappa shape index (κ2) is 48.8. The van der Waals surface area contributed by atoms with Crippen molar-refractivity contribution < 1.29 is 28.6 Å². The molecule has 0 saturated carbocycles. The minimum Gasteiger partial charge on any atom is -0.462 e. The summed E-state index contributed by atoms with van der Waals surface area (Å²) in [5.74, 6) is -0.924. The van der Waals surface area contributed by atoms with Crippen LogP contribution < -0.4 is 0 Å². The molecule has 60 heavy (non-hydrogen) atoms. The van der Waals surface area contributed by atoms with Crippen molar-refractivity contribution in [3.8, 4) is 0 Å². The van der Waals surface area contributed by atoms with Crippen molar-refractivity contribution in [3.05, 3.63) is 60.8 Å². The lowest BCUT2D eigenvalue weighted by atomic mass is 10.1. The summed E-state index contributed by atoms with van der Waals surface area (Å²) in [7, 11) is 0. The van der Waals surface area contributed by atoms with Crippen molar-refractivity contribution in [2.45, 2.75) is 252 Å². The van der Waals surface area contributed by atoms with Crippen molar-refractivity contribution in [2.24, 2.45) is 0 Å². The van der Waals surface area contributed by atoms with E-state index in [1.165, 1.54) is 96.3 Å². The number of rotatable bonds is 45. The lowest BCUT2D eigenvalue weighted by Crippen LogP contribution is -2.30. The van der Waals surface area contributed by atoms with Gasteiger partial charge in [0.05, 0.1) is 0 Å². The molecule has 0 aliphatic carbocycles. The number of unbranched alkanes of at least 4 members (excludes halogenated alkanes) is 24. The molecule has 0 fully saturated rings. The molecule has 0 rings (SSSR count). The van der Waals surface area contributed by atoms with Crippen molar-refractivity contribution in [3.63, 3.8) is 0 Å². The van der Waals surface area contributed by atoms with E-state index in [1.54, 1.807) is 0 Å². The van der Waals surface area contributed by atoms with Gasteiger partial charge in [-0.3, -0.25) is 14.4 Å². The highest BCUT2D eigenvalue weighted by atomic mass is 16.6. The Hall–Kier alpha value is -2.89. The molecule has 0 bridgehead atoms. The first-order chi connectivity index (χ1) is 29.5. The quantitative estimate of drug-likeness (QED) is 0.0263. The SMILES string of the molecule is CCCCC/C=C\C/C=C\CCCCCCCC(=O)OC[C@@H](COC(=O)CCCCCCC/C=C\CCCCC)OC(=O)CCCCCCC/C=C\C/C=C\CCCCC. The largest absolute Gasteiger partial charge is 0.462 e. The van der Waals surface area contributed by atoms with Gasteiger partial charge in [-0.15, -0.1) is 0 Å². The Morgan fingerprint density at radius 2 is 0.600 bits per heavy atom. The van der Waals surface area contributed by atoms with E-state index in [4.69, 9.17) is 14.2 Å².